The van der Waals surface area contributed by atoms with E-state index >= 15 is 0 Å². The predicted molar refractivity (Wildman–Crippen MR) is 65.3 cm³/mol. The average molecular weight is 283 g/mol. The van der Waals surface area contributed by atoms with Crippen LogP contribution >= 0.6 is 11.3 Å². The molecule has 0 radical (unpaired) electrons. The van der Waals surface area contributed by atoms with Crippen LogP contribution in [0.1, 0.15) is 9.80 Å². The average Bonchev–Trinajstić information content (AvgIpc) is 2.75. The van der Waals surface area contributed by atoms with Gasteiger partial charge >= 0.3 is 5.69 Å². The van der Waals surface area contributed by atoms with Crippen LogP contribution in [0.5, 0.6) is 0 Å². The summed E-state index contributed by atoms with van der Waals surface area (Å²) in [6, 6.07) is 3.02. The standard InChI is InChI=1S/C9H6FN5O3S/c10-5-3-4(1-2-6(5)15(17)18)12-7(16)8-13-14-9(11)19-8/h1-3H,(H2,11,14)(H,12,16). The highest BCUT2D eigenvalue weighted by molar-refractivity contribution is 7.16. The first-order chi connectivity index (χ1) is 8.97. The lowest BCUT2D eigenvalue weighted by Crippen LogP contribution is -2.11. The predicted octanol–water partition coefficient (Wildman–Crippen LogP) is 1.42. The number of nitrogens with one attached hydrogen (secondary N) is 1. The van der Waals surface area contributed by atoms with Crippen molar-refractivity contribution in [2.24, 2.45) is 0 Å². The number of aromatic nitrogens is 2. The van der Waals surface area contributed by atoms with Gasteiger partial charge in [0.2, 0.25) is 16.0 Å². The fourth-order valence-electron chi connectivity index (χ4n) is 1.24. The van der Waals surface area contributed by atoms with Crippen LogP contribution < -0.4 is 11.1 Å². The van der Waals surface area contributed by atoms with Gasteiger partial charge in [-0.15, -0.1) is 10.2 Å². The van der Waals surface area contributed by atoms with E-state index in [4.69, 9.17) is 5.73 Å². The van der Waals surface area contributed by atoms with Gasteiger partial charge in [-0.3, -0.25) is 14.9 Å². The molecule has 1 aromatic heterocycles. The zero-order valence-electron chi connectivity index (χ0n) is 9.16. The molecule has 0 aliphatic rings. The van der Waals surface area contributed by atoms with E-state index in [2.05, 4.69) is 15.5 Å². The first kappa shape index (κ1) is 12.8. The number of hydrogen-bond donors (Lipinski definition) is 2. The van der Waals surface area contributed by atoms with Gasteiger partial charge in [-0.25, -0.2) is 0 Å². The van der Waals surface area contributed by atoms with E-state index in [1.807, 2.05) is 0 Å². The molecule has 0 aliphatic carbocycles. The van der Waals surface area contributed by atoms with Crippen molar-refractivity contribution in [1.82, 2.24) is 10.2 Å². The van der Waals surface area contributed by atoms with Crippen molar-refractivity contribution in [3.05, 3.63) is 39.1 Å². The second kappa shape index (κ2) is 4.94. The van der Waals surface area contributed by atoms with E-state index in [-0.39, 0.29) is 15.8 Å². The lowest BCUT2D eigenvalue weighted by Gasteiger charge is -2.02. The molecule has 10 heteroatoms. The zero-order chi connectivity index (χ0) is 14.0. The quantitative estimate of drug-likeness (QED) is 0.648. The Morgan fingerprint density at radius 1 is 1.47 bits per heavy atom. The Hall–Kier alpha value is -2.62. The summed E-state index contributed by atoms with van der Waals surface area (Å²) in [5.74, 6) is -1.66. The maximum atomic E-state index is 13.3. The van der Waals surface area contributed by atoms with Gasteiger partial charge in [-0.1, -0.05) is 11.3 Å². The number of nitro benzene ring substituents is 1. The molecule has 0 saturated carbocycles. The number of carbonyl (C=O) groups excluding carboxylic acids is 1. The number of anilines is 2. The molecule has 2 rings (SSSR count). The Kier molecular flexibility index (Phi) is 3.33. The summed E-state index contributed by atoms with van der Waals surface area (Å²) < 4.78 is 13.3. The number of nitro groups is 1. The van der Waals surface area contributed by atoms with E-state index in [9.17, 15) is 19.3 Å². The van der Waals surface area contributed by atoms with E-state index in [1.165, 1.54) is 6.07 Å². The van der Waals surface area contributed by atoms with Crippen molar-refractivity contribution in [3.63, 3.8) is 0 Å². The molecule has 1 amide bonds. The Morgan fingerprint density at radius 2 is 2.21 bits per heavy atom. The van der Waals surface area contributed by atoms with Gasteiger partial charge in [0.15, 0.2) is 0 Å². The maximum Gasteiger partial charge on any atom is 0.304 e. The number of amides is 1. The van der Waals surface area contributed by atoms with Crippen LogP contribution in [-0.4, -0.2) is 21.0 Å². The van der Waals surface area contributed by atoms with Crippen LogP contribution in [0.4, 0.5) is 20.9 Å². The van der Waals surface area contributed by atoms with Gasteiger partial charge in [-0.2, -0.15) is 4.39 Å². The molecule has 2 aromatic rings. The first-order valence-electron chi connectivity index (χ1n) is 4.81. The van der Waals surface area contributed by atoms with Gasteiger partial charge in [0, 0.05) is 17.8 Å². The summed E-state index contributed by atoms with van der Waals surface area (Å²) in [6.45, 7) is 0. The number of rotatable bonds is 3. The lowest BCUT2D eigenvalue weighted by molar-refractivity contribution is -0.387. The third-order valence-electron chi connectivity index (χ3n) is 2.04. The number of nitrogens with zero attached hydrogens (tertiary/aromatic N) is 3. The number of nitrogens with two attached hydrogens (primary N) is 1. The van der Waals surface area contributed by atoms with E-state index in [1.54, 1.807) is 0 Å². The highest BCUT2D eigenvalue weighted by atomic mass is 32.1. The number of carbonyl (C=O) groups is 1. The minimum absolute atomic E-state index is 0.0104. The molecule has 8 nitrogen and oxygen atoms in total. The molecule has 0 atom stereocenters. The number of hydrogen-bond acceptors (Lipinski definition) is 7. The van der Waals surface area contributed by atoms with Crippen molar-refractivity contribution in [2.75, 3.05) is 11.1 Å². The van der Waals surface area contributed by atoms with Crippen LogP contribution in [0.15, 0.2) is 18.2 Å². The largest absolute Gasteiger partial charge is 0.374 e. The minimum Gasteiger partial charge on any atom is -0.374 e. The smallest absolute Gasteiger partial charge is 0.304 e. The second-order valence-electron chi connectivity index (χ2n) is 3.32. The number of nitrogen functional groups attached to an aromatic ring is 1. The van der Waals surface area contributed by atoms with Gasteiger partial charge in [-0.05, 0) is 6.07 Å². The molecule has 98 valence electrons. The molecule has 0 bridgehead atoms. The molecule has 1 aromatic carbocycles. The summed E-state index contributed by atoms with van der Waals surface area (Å²) in [4.78, 5) is 21.2. The Labute approximate surface area is 109 Å². The highest BCUT2D eigenvalue weighted by Crippen LogP contribution is 2.21. The molecule has 0 spiro atoms. The Bertz CT molecular complexity index is 659. The van der Waals surface area contributed by atoms with Crippen LogP contribution in [0.25, 0.3) is 0 Å². The SMILES string of the molecule is Nc1nnc(C(=O)Nc2ccc([N+](=O)[O-])c(F)c2)s1. The summed E-state index contributed by atoms with van der Waals surface area (Å²) in [6.07, 6.45) is 0. The zero-order valence-corrected chi connectivity index (χ0v) is 9.98. The second-order valence-corrected chi connectivity index (χ2v) is 4.33. The van der Waals surface area contributed by atoms with Crippen molar-refractivity contribution in [2.45, 2.75) is 0 Å². The van der Waals surface area contributed by atoms with E-state index in [0.29, 0.717) is 0 Å². The Morgan fingerprint density at radius 3 is 2.74 bits per heavy atom. The topological polar surface area (TPSA) is 124 Å². The highest BCUT2D eigenvalue weighted by Gasteiger charge is 2.16. The molecular weight excluding hydrogens is 277 g/mol. The molecule has 1 heterocycles. The first-order valence-corrected chi connectivity index (χ1v) is 5.63. The third kappa shape index (κ3) is 2.80. The summed E-state index contributed by atoms with van der Waals surface area (Å²) >= 11 is 0.869. The van der Waals surface area contributed by atoms with Gasteiger partial charge in [0.25, 0.3) is 5.91 Å². The fourth-order valence-corrected chi connectivity index (χ4v) is 1.75. The summed E-state index contributed by atoms with van der Waals surface area (Å²) in [5, 5.41) is 19.9. The van der Waals surface area contributed by atoms with Crippen molar-refractivity contribution < 1.29 is 14.1 Å². The van der Waals surface area contributed by atoms with Gasteiger partial charge in [0.05, 0.1) is 4.92 Å². The van der Waals surface area contributed by atoms with Crippen molar-refractivity contribution >= 4 is 33.8 Å². The molecule has 0 unspecified atom stereocenters. The molecule has 3 N–H and O–H groups in total. The molecule has 19 heavy (non-hydrogen) atoms. The minimum atomic E-state index is -1.04. The van der Waals surface area contributed by atoms with Crippen molar-refractivity contribution in [3.8, 4) is 0 Å². The molecular formula is C9H6FN5O3S. The molecule has 0 saturated heterocycles. The third-order valence-corrected chi connectivity index (χ3v) is 2.79. The lowest BCUT2D eigenvalue weighted by atomic mass is 10.2. The number of benzene rings is 1. The Balaban J connectivity index is 2.18. The van der Waals surface area contributed by atoms with Crippen molar-refractivity contribution in [1.29, 1.82) is 0 Å². The summed E-state index contributed by atoms with van der Waals surface area (Å²) in [5.41, 5.74) is 4.72. The van der Waals surface area contributed by atoms with Gasteiger partial charge in [0.1, 0.15) is 0 Å². The normalized spacial score (nSPS) is 10.2. The monoisotopic (exact) mass is 283 g/mol. The maximum absolute atomic E-state index is 13.3. The summed E-state index contributed by atoms with van der Waals surface area (Å²) in [7, 11) is 0. The van der Waals surface area contributed by atoms with E-state index < -0.39 is 22.3 Å². The van der Waals surface area contributed by atoms with E-state index in [0.717, 1.165) is 23.5 Å². The fraction of sp³-hybridized carbons (Fsp3) is 0. The number of halogens is 1. The van der Waals surface area contributed by atoms with Crippen LogP contribution in [-0.2, 0) is 0 Å². The van der Waals surface area contributed by atoms with Crippen LogP contribution in [0, 0.1) is 15.9 Å². The van der Waals surface area contributed by atoms with Gasteiger partial charge < -0.3 is 11.1 Å². The van der Waals surface area contributed by atoms with Crippen LogP contribution in [0.2, 0.25) is 0 Å². The molecule has 0 aliphatic heterocycles. The molecule has 0 fully saturated rings. The van der Waals surface area contributed by atoms with Crippen LogP contribution in [0.3, 0.4) is 0 Å².